The molecular weight excluding hydrogens is 250 g/mol. The van der Waals surface area contributed by atoms with Gasteiger partial charge in [-0.1, -0.05) is 30.3 Å². The Morgan fingerprint density at radius 3 is 2.56 bits per heavy atom. The number of ether oxygens (including phenoxy) is 1. The summed E-state index contributed by atoms with van der Waals surface area (Å²) in [7, 11) is 0. The molecule has 0 radical (unpaired) electrons. The maximum absolute atomic E-state index is 10.5. The summed E-state index contributed by atoms with van der Waals surface area (Å²) in [5, 5.41) is 0. The van der Waals surface area contributed by atoms with Gasteiger partial charge in [-0.2, -0.15) is 0 Å². The Bertz CT molecular complexity index is 375. The number of benzene rings is 1. The molecule has 1 saturated heterocycles. The smallest absolute Gasteiger partial charge is 0.403 e. The van der Waals surface area contributed by atoms with Gasteiger partial charge in [-0.15, -0.1) is 0 Å². The van der Waals surface area contributed by atoms with E-state index in [2.05, 4.69) is 29.2 Å². The zero-order valence-corrected chi connectivity index (χ0v) is 11.1. The summed E-state index contributed by atoms with van der Waals surface area (Å²) in [6.07, 6.45) is 2.13. The molecule has 98 valence electrons. The molecular formula is C14H18ClNO2. The highest BCUT2D eigenvalue weighted by Crippen LogP contribution is 2.19. The van der Waals surface area contributed by atoms with Crippen molar-refractivity contribution in [3.63, 3.8) is 0 Å². The van der Waals surface area contributed by atoms with Crippen LogP contribution in [0.25, 0.3) is 0 Å². The quantitative estimate of drug-likeness (QED) is 0.784. The summed E-state index contributed by atoms with van der Waals surface area (Å²) in [5.41, 5.74) is 0.657. The van der Waals surface area contributed by atoms with Crippen LogP contribution in [0.15, 0.2) is 30.3 Å². The van der Waals surface area contributed by atoms with Crippen LogP contribution in [0.2, 0.25) is 0 Å². The summed E-state index contributed by atoms with van der Waals surface area (Å²) in [5.74, 6) is 0.458. The minimum atomic E-state index is -0.693. The lowest BCUT2D eigenvalue weighted by atomic mass is 9.97. The molecule has 0 saturated carbocycles. The number of carbonyl (C=O) groups is 1. The Labute approximate surface area is 113 Å². The second-order valence-corrected chi connectivity index (χ2v) is 5.06. The van der Waals surface area contributed by atoms with Crippen LogP contribution in [0, 0.1) is 5.92 Å². The highest BCUT2D eigenvalue weighted by molar-refractivity contribution is 6.61. The number of carbonyl (C=O) groups excluding carboxylic acids is 1. The van der Waals surface area contributed by atoms with Crippen LogP contribution in [0.4, 0.5) is 4.79 Å². The van der Waals surface area contributed by atoms with Gasteiger partial charge < -0.3 is 4.74 Å². The Balaban J connectivity index is 1.72. The van der Waals surface area contributed by atoms with Gasteiger partial charge in [0, 0.05) is 18.1 Å². The van der Waals surface area contributed by atoms with Crippen LogP contribution in [0.3, 0.4) is 0 Å². The second kappa shape index (κ2) is 6.76. The second-order valence-electron chi connectivity index (χ2n) is 4.75. The average Bonchev–Trinajstić information content (AvgIpc) is 2.39. The molecule has 1 aliphatic heterocycles. The molecule has 2 rings (SSSR count). The first kappa shape index (κ1) is 13.4. The molecule has 0 unspecified atom stereocenters. The lowest BCUT2D eigenvalue weighted by Crippen LogP contribution is -2.34. The fourth-order valence-electron chi connectivity index (χ4n) is 2.34. The summed E-state index contributed by atoms with van der Waals surface area (Å²) in [6.45, 7) is 3.57. The van der Waals surface area contributed by atoms with Crippen LogP contribution in [-0.4, -0.2) is 30.0 Å². The molecule has 3 nitrogen and oxygen atoms in total. The van der Waals surface area contributed by atoms with E-state index in [1.807, 2.05) is 6.07 Å². The number of hydrogen-bond donors (Lipinski definition) is 0. The minimum absolute atomic E-state index is 0.458. The molecule has 1 aliphatic rings. The van der Waals surface area contributed by atoms with Crippen LogP contribution in [-0.2, 0) is 11.3 Å². The van der Waals surface area contributed by atoms with Gasteiger partial charge in [-0.05, 0) is 37.4 Å². The normalized spacial score (nSPS) is 17.6. The van der Waals surface area contributed by atoms with Gasteiger partial charge in [-0.3, -0.25) is 4.90 Å². The van der Waals surface area contributed by atoms with Crippen LogP contribution >= 0.6 is 11.6 Å². The standard InChI is InChI=1S/C14H18ClNO2/c15-14(17)18-11-13-6-8-16(9-7-13)10-12-4-2-1-3-5-12/h1-5,13H,6-11H2. The Kier molecular flexibility index (Phi) is 5.02. The zero-order valence-electron chi connectivity index (χ0n) is 10.3. The van der Waals surface area contributed by atoms with Crippen molar-refractivity contribution in [3.05, 3.63) is 35.9 Å². The zero-order chi connectivity index (χ0) is 12.8. The molecule has 1 fully saturated rings. The van der Waals surface area contributed by atoms with Crippen molar-refractivity contribution in [1.29, 1.82) is 0 Å². The van der Waals surface area contributed by atoms with Crippen molar-refractivity contribution in [2.45, 2.75) is 19.4 Å². The summed E-state index contributed by atoms with van der Waals surface area (Å²) >= 11 is 5.16. The molecule has 0 atom stereocenters. The van der Waals surface area contributed by atoms with Gasteiger partial charge in [0.05, 0.1) is 6.61 Å². The van der Waals surface area contributed by atoms with E-state index in [1.54, 1.807) is 0 Å². The Morgan fingerprint density at radius 2 is 1.94 bits per heavy atom. The van der Waals surface area contributed by atoms with Gasteiger partial charge in [0.2, 0.25) is 0 Å². The molecule has 0 bridgehead atoms. The molecule has 1 aromatic rings. The number of likely N-dealkylation sites (tertiary alicyclic amines) is 1. The number of rotatable bonds is 4. The van der Waals surface area contributed by atoms with E-state index in [0.717, 1.165) is 32.5 Å². The summed E-state index contributed by atoms with van der Waals surface area (Å²) in [6, 6.07) is 10.5. The lowest BCUT2D eigenvalue weighted by molar-refractivity contribution is 0.109. The van der Waals surface area contributed by atoms with E-state index >= 15 is 0 Å². The lowest BCUT2D eigenvalue weighted by Gasteiger charge is -2.31. The van der Waals surface area contributed by atoms with Crippen molar-refractivity contribution in [1.82, 2.24) is 4.90 Å². The molecule has 18 heavy (non-hydrogen) atoms. The first-order chi connectivity index (χ1) is 8.74. The minimum Gasteiger partial charge on any atom is -0.453 e. The molecule has 1 aromatic carbocycles. The number of hydrogen-bond acceptors (Lipinski definition) is 3. The predicted molar refractivity (Wildman–Crippen MR) is 71.6 cm³/mol. The van der Waals surface area contributed by atoms with E-state index in [-0.39, 0.29) is 0 Å². The number of piperidine rings is 1. The van der Waals surface area contributed by atoms with Gasteiger partial charge in [0.1, 0.15) is 0 Å². The fraction of sp³-hybridized carbons (Fsp3) is 0.500. The van der Waals surface area contributed by atoms with Crippen LogP contribution in [0.1, 0.15) is 18.4 Å². The highest BCUT2D eigenvalue weighted by atomic mass is 35.5. The van der Waals surface area contributed by atoms with E-state index in [9.17, 15) is 4.79 Å². The SMILES string of the molecule is O=C(Cl)OCC1CCN(Cc2ccccc2)CC1. The van der Waals surface area contributed by atoms with Gasteiger partial charge in [0.25, 0.3) is 0 Å². The van der Waals surface area contributed by atoms with Crippen LogP contribution in [0.5, 0.6) is 0 Å². The molecule has 0 N–H and O–H groups in total. The summed E-state index contributed by atoms with van der Waals surface area (Å²) < 4.78 is 4.84. The van der Waals surface area contributed by atoms with Crippen molar-refractivity contribution < 1.29 is 9.53 Å². The van der Waals surface area contributed by atoms with E-state index in [0.29, 0.717) is 12.5 Å². The molecule has 0 amide bonds. The Morgan fingerprint density at radius 1 is 1.28 bits per heavy atom. The van der Waals surface area contributed by atoms with Gasteiger partial charge in [0.15, 0.2) is 0 Å². The molecule has 4 heteroatoms. The topological polar surface area (TPSA) is 29.5 Å². The van der Waals surface area contributed by atoms with Crippen LogP contribution < -0.4 is 0 Å². The van der Waals surface area contributed by atoms with Crippen molar-refractivity contribution >= 4 is 17.0 Å². The third-order valence-corrected chi connectivity index (χ3v) is 3.50. The maximum atomic E-state index is 10.5. The maximum Gasteiger partial charge on any atom is 0.403 e. The van der Waals surface area contributed by atoms with Gasteiger partial charge >= 0.3 is 5.43 Å². The van der Waals surface area contributed by atoms with E-state index in [4.69, 9.17) is 16.3 Å². The third-order valence-electron chi connectivity index (χ3n) is 3.39. The number of halogens is 1. The highest BCUT2D eigenvalue weighted by Gasteiger charge is 2.20. The summed E-state index contributed by atoms with van der Waals surface area (Å²) in [4.78, 5) is 13.0. The van der Waals surface area contributed by atoms with E-state index < -0.39 is 5.43 Å². The largest absolute Gasteiger partial charge is 0.453 e. The monoisotopic (exact) mass is 267 g/mol. The van der Waals surface area contributed by atoms with E-state index in [1.165, 1.54) is 5.56 Å². The van der Waals surface area contributed by atoms with Crippen molar-refractivity contribution in [2.75, 3.05) is 19.7 Å². The van der Waals surface area contributed by atoms with Crippen molar-refractivity contribution in [3.8, 4) is 0 Å². The van der Waals surface area contributed by atoms with Gasteiger partial charge in [-0.25, -0.2) is 4.79 Å². The predicted octanol–water partition coefficient (Wildman–Crippen LogP) is 3.27. The molecule has 0 aromatic heterocycles. The van der Waals surface area contributed by atoms with Crippen molar-refractivity contribution in [2.24, 2.45) is 5.92 Å². The fourth-order valence-corrected chi connectivity index (χ4v) is 2.40. The third kappa shape index (κ3) is 4.31. The molecule has 0 aliphatic carbocycles. The Hall–Kier alpha value is -1.06. The average molecular weight is 268 g/mol. The molecule has 0 spiro atoms. The first-order valence-electron chi connectivity index (χ1n) is 6.32. The number of nitrogens with zero attached hydrogens (tertiary/aromatic N) is 1. The molecule has 1 heterocycles. The first-order valence-corrected chi connectivity index (χ1v) is 6.70.